The molecule has 2 unspecified atom stereocenters. The summed E-state index contributed by atoms with van der Waals surface area (Å²) >= 11 is 0. The Morgan fingerprint density at radius 2 is 1.06 bits per heavy atom. The Hall–Kier alpha value is -6.90. The van der Waals surface area contributed by atoms with E-state index in [1.165, 1.54) is 71.5 Å². The van der Waals surface area contributed by atoms with Crippen LogP contribution in [-0.4, -0.2) is 4.57 Å². The zero-order valence-corrected chi connectivity index (χ0v) is 37.6. The average Bonchev–Trinajstić information content (AvgIpc) is 3.64. The smallest absolute Gasteiger partial charge is 0.0619 e. The van der Waals surface area contributed by atoms with Crippen LogP contribution in [0.3, 0.4) is 0 Å². The van der Waals surface area contributed by atoms with Crippen molar-refractivity contribution >= 4 is 55.2 Å². The van der Waals surface area contributed by atoms with E-state index in [1.54, 1.807) is 0 Å². The van der Waals surface area contributed by atoms with Crippen molar-refractivity contribution in [3.8, 4) is 27.9 Å². The third-order valence-corrected chi connectivity index (χ3v) is 13.4. The third kappa shape index (κ3) is 7.18. The van der Waals surface area contributed by atoms with Crippen LogP contribution in [0.15, 0.2) is 206 Å². The first kappa shape index (κ1) is 40.2. The van der Waals surface area contributed by atoms with E-state index in [1.807, 2.05) is 0 Å². The fourth-order valence-electron chi connectivity index (χ4n) is 10.3. The lowest BCUT2D eigenvalue weighted by molar-refractivity contribution is 0.245. The predicted molar refractivity (Wildman–Crippen MR) is 271 cm³/mol. The molecule has 63 heavy (non-hydrogen) atoms. The summed E-state index contributed by atoms with van der Waals surface area (Å²) in [5.41, 5.74) is 16.1. The van der Waals surface area contributed by atoms with E-state index in [9.17, 15) is 0 Å². The highest BCUT2D eigenvalue weighted by molar-refractivity contribution is 6.14. The summed E-state index contributed by atoms with van der Waals surface area (Å²) in [6, 6.07) is 69.0. The van der Waals surface area contributed by atoms with Gasteiger partial charge in [-0.3, -0.25) is 0 Å². The second kappa shape index (κ2) is 15.8. The highest BCUT2D eigenvalue weighted by Crippen LogP contribution is 2.50. The van der Waals surface area contributed by atoms with Crippen LogP contribution in [0.5, 0.6) is 0 Å². The topological polar surface area (TPSA) is 8.17 Å². The Morgan fingerprint density at radius 1 is 0.492 bits per heavy atom. The molecule has 2 heteroatoms. The molecule has 0 saturated carbocycles. The Bertz CT molecular complexity index is 3180. The quantitative estimate of drug-likeness (QED) is 0.156. The van der Waals surface area contributed by atoms with Gasteiger partial charge in [-0.1, -0.05) is 200 Å². The van der Waals surface area contributed by atoms with Gasteiger partial charge in [-0.25, -0.2) is 0 Å². The highest BCUT2D eigenvalue weighted by Gasteiger charge is 2.36. The number of benzene rings is 8. The van der Waals surface area contributed by atoms with Gasteiger partial charge in [0.15, 0.2) is 0 Å². The second-order valence-electron chi connectivity index (χ2n) is 19.5. The van der Waals surface area contributed by atoms with Crippen LogP contribution in [-0.2, 0) is 0 Å². The molecule has 0 spiro atoms. The van der Waals surface area contributed by atoms with Gasteiger partial charge in [0.25, 0.3) is 0 Å². The number of allylic oxidation sites excluding steroid dienone is 4. The minimum Gasteiger partial charge on any atom is -0.310 e. The van der Waals surface area contributed by atoms with Crippen LogP contribution in [0.4, 0.5) is 17.1 Å². The summed E-state index contributed by atoms with van der Waals surface area (Å²) < 4.78 is 2.42. The molecule has 10 rings (SSSR count). The molecule has 0 radical (unpaired) electrons. The van der Waals surface area contributed by atoms with Gasteiger partial charge in [-0.2, -0.15) is 0 Å². The molecule has 0 bridgehead atoms. The number of para-hydroxylation sites is 5. The zero-order valence-electron chi connectivity index (χ0n) is 37.6. The number of rotatable bonds is 7. The lowest BCUT2D eigenvalue weighted by Crippen LogP contribution is -2.30. The molecule has 1 heterocycles. The van der Waals surface area contributed by atoms with E-state index in [-0.39, 0.29) is 10.8 Å². The SMILES string of the molecule is CC1C(c2cccc3cccc(-c4ccccc4N(c4ccccc4)c4ccc(-c5cccc6c7ccccc7n(-c7ccccc7)c56)cc4)c23)=CC(C(C)(C)C)=CC1C(C)(C)C. The lowest BCUT2D eigenvalue weighted by Gasteiger charge is -2.40. The minimum absolute atomic E-state index is 0.0352. The zero-order chi connectivity index (χ0) is 43.5. The fraction of sp³-hybridized carbons (Fsp3) is 0.180. The van der Waals surface area contributed by atoms with Gasteiger partial charge >= 0.3 is 0 Å². The molecule has 1 aliphatic rings. The second-order valence-corrected chi connectivity index (χ2v) is 19.5. The van der Waals surface area contributed by atoms with Crippen molar-refractivity contribution in [1.29, 1.82) is 0 Å². The number of fused-ring (bicyclic) bond motifs is 4. The summed E-state index contributed by atoms with van der Waals surface area (Å²) in [7, 11) is 0. The molecule has 0 aliphatic heterocycles. The monoisotopic (exact) mass is 816 g/mol. The van der Waals surface area contributed by atoms with Crippen molar-refractivity contribution < 1.29 is 0 Å². The summed E-state index contributed by atoms with van der Waals surface area (Å²) in [5, 5.41) is 5.07. The fourth-order valence-corrected chi connectivity index (χ4v) is 10.3. The van der Waals surface area contributed by atoms with Crippen molar-refractivity contribution in [2.24, 2.45) is 22.7 Å². The largest absolute Gasteiger partial charge is 0.310 e. The van der Waals surface area contributed by atoms with E-state index in [2.05, 4.69) is 258 Å². The maximum absolute atomic E-state index is 2.57. The predicted octanol–water partition coefficient (Wildman–Crippen LogP) is 17.4. The third-order valence-electron chi connectivity index (χ3n) is 13.4. The first-order chi connectivity index (χ1) is 30.5. The van der Waals surface area contributed by atoms with Crippen molar-refractivity contribution in [3.63, 3.8) is 0 Å². The van der Waals surface area contributed by atoms with Gasteiger partial charge in [-0.05, 0) is 110 Å². The summed E-state index contributed by atoms with van der Waals surface area (Å²) in [6.07, 6.45) is 5.09. The van der Waals surface area contributed by atoms with Crippen molar-refractivity contribution in [2.75, 3.05) is 4.90 Å². The molecule has 9 aromatic rings. The van der Waals surface area contributed by atoms with Crippen LogP contribution in [0.25, 0.3) is 66.1 Å². The van der Waals surface area contributed by atoms with Gasteiger partial charge in [-0.15, -0.1) is 0 Å². The number of nitrogens with zero attached hydrogens (tertiary/aromatic N) is 2. The highest BCUT2D eigenvalue weighted by atomic mass is 15.1. The molecule has 2 atom stereocenters. The van der Waals surface area contributed by atoms with Gasteiger partial charge in [0, 0.05) is 39.0 Å². The molecular weight excluding hydrogens is 761 g/mol. The van der Waals surface area contributed by atoms with E-state index in [0.717, 1.165) is 22.7 Å². The first-order valence-corrected chi connectivity index (χ1v) is 22.6. The van der Waals surface area contributed by atoms with Crippen LogP contribution >= 0.6 is 0 Å². The lowest BCUT2D eigenvalue weighted by atomic mass is 9.64. The van der Waals surface area contributed by atoms with Crippen LogP contribution in [0.1, 0.15) is 54.0 Å². The molecule has 0 N–H and O–H groups in total. The van der Waals surface area contributed by atoms with Gasteiger partial charge in [0.05, 0.1) is 16.7 Å². The maximum atomic E-state index is 2.57. The molecule has 310 valence electrons. The maximum Gasteiger partial charge on any atom is 0.0619 e. The van der Waals surface area contributed by atoms with Crippen molar-refractivity contribution in [1.82, 2.24) is 4.57 Å². The number of aromatic nitrogens is 1. The standard InChI is InChI=1S/C61H56N2/c1-41-54(39-44(60(2,3)4)40-55(41)61(5,6)7)52-31-19-22-43-21-18-30-51(58(43)52)49-27-14-16-33-56(49)62(45-23-10-8-11-24-45)47-37-35-42(36-38-47)48-29-20-32-53-50-28-15-17-34-57(50)63(59(48)53)46-25-12-9-13-26-46/h8-41,55H,1-7H3. The molecular formula is C61H56N2. The van der Waals surface area contributed by atoms with E-state index in [0.29, 0.717) is 11.8 Å². The number of hydrogen-bond donors (Lipinski definition) is 0. The van der Waals surface area contributed by atoms with Crippen LogP contribution in [0.2, 0.25) is 0 Å². The summed E-state index contributed by atoms with van der Waals surface area (Å²) in [6.45, 7) is 16.7. The van der Waals surface area contributed by atoms with Crippen LogP contribution in [0, 0.1) is 22.7 Å². The van der Waals surface area contributed by atoms with E-state index >= 15 is 0 Å². The average molecular weight is 817 g/mol. The molecule has 2 nitrogen and oxygen atoms in total. The normalized spacial score (nSPS) is 15.7. The summed E-state index contributed by atoms with van der Waals surface area (Å²) in [5.74, 6) is 0.760. The number of hydrogen-bond acceptors (Lipinski definition) is 1. The first-order valence-electron chi connectivity index (χ1n) is 22.6. The molecule has 0 saturated heterocycles. The number of anilines is 3. The van der Waals surface area contributed by atoms with Gasteiger partial charge in [0.2, 0.25) is 0 Å². The Labute approximate surface area is 373 Å². The molecule has 0 amide bonds. The molecule has 0 fully saturated rings. The van der Waals surface area contributed by atoms with Crippen molar-refractivity contribution in [3.05, 3.63) is 211 Å². The van der Waals surface area contributed by atoms with E-state index in [4.69, 9.17) is 0 Å². The Morgan fingerprint density at radius 3 is 1.78 bits per heavy atom. The Balaban J connectivity index is 1.14. The van der Waals surface area contributed by atoms with Gasteiger partial charge < -0.3 is 9.47 Å². The van der Waals surface area contributed by atoms with Crippen molar-refractivity contribution in [2.45, 2.75) is 48.5 Å². The minimum atomic E-state index is 0.0352. The van der Waals surface area contributed by atoms with Crippen LogP contribution < -0.4 is 4.90 Å². The molecule has 8 aromatic carbocycles. The molecule has 1 aliphatic carbocycles. The van der Waals surface area contributed by atoms with Gasteiger partial charge in [0.1, 0.15) is 0 Å². The molecule has 1 aromatic heterocycles. The Kier molecular flexibility index (Phi) is 10.1. The van der Waals surface area contributed by atoms with E-state index < -0.39 is 0 Å². The summed E-state index contributed by atoms with van der Waals surface area (Å²) in [4.78, 5) is 2.43.